The van der Waals surface area contributed by atoms with Crippen LogP contribution in [0, 0.1) is 6.92 Å². The molecule has 3 rings (SSSR count). The van der Waals surface area contributed by atoms with Crippen LogP contribution >= 0.6 is 11.3 Å². The lowest BCUT2D eigenvalue weighted by atomic mass is 10.2. The standard InChI is InChI=1S/C15H11NO2S/c1-10-6-8-11(9-7-10)18-15(17)14-16-12-4-2-3-5-13(12)19-14/h2-9H,1H3. The molecule has 19 heavy (non-hydrogen) atoms. The van der Waals surface area contributed by atoms with Crippen molar-refractivity contribution in [2.24, 2.45) is 0 Å². The maximum absolute atomic E-state index is 12.0. The molecule has 0 saturated heterocycles. The number of nitrogens with zero attached hydrogens (tertiary/aromatic N) is 1. The molecule has 3 nitrogen and oxygen atoms in total. The van der Waals surface area contributed by atoms with Crippen molar-refractivity contribution in [3.63, 3.8) is 0 Å². The van der Waals surface area contributed by atoms with Crippen LogP contribution < -0.4 is 4.74 Å². The van der Waals surface area contributed by atoms with E-state index in [0.717, 1.165) is 15.8 Å². The molecule has 0 bridgehead atoms. The number of ether oxygens (including phenoxy) is 1. The monoisotopic (exact) mass is 269 g/mol. The Hall–Kier alpha value is -2.20. The first-order valence-electron chi connectivity index (χ1n) is 5.87. The predicted molar refractivity (Wildman–Crippen MR) is 75.8 cm³/mol. The van der Waals surface area contributed by atoms with E-state index in [9.17, 15) is 4.79 Å². The average molecular weight is 269 g/mol. The minimum absolute atomic E-state index is 0.377. The number of fused-ring (bicyclic) bond motifs is 1. The predicted octanol–water partition coefficient (Wildman–Crippen LogP) is 3.82. The first-order valence-corrected chi connectivity index (χ1v) is 6.68. The third kappa shape index (κ3) is 2.48. The Morgan fingerprint density at radius 1 is 1.11 bits per heavy atom. The van der Waals surface area contributed by atoms with Gasteiger partial charge < -0.3 is 4.74 Å². The number of esters is 1. The van der Waals surface area contributed by atoms with E-state index in [1.807, 2.05) is 43.3 Å². The van der Waals surface area contributed by atoms with Gasteiger partial charge in [0.15, 0.2) is 0 Å². The lowest BCUT2D eigenvalue weighted by molar-refractivity contribution is 0.0734. The van der Waals surface area contributed by atoms with Crippen LogP contribution in [0.1, 0.15) is 15.4 Å². The molecule has 4 heteroatoms. The Labute approximate surface area is 114 Å². The minimum atomic E-state index is -0.412. The van der Waals surface area contributed by atoms with Crippen LogP contribution in [0.15, 0.2) is 48.5 Å². The summed E-state index contributed by atoms with van der Waals surface area (Å²) in [6, 6.07) is 15.0. The lowest BCUT2D eigenvalue weighted by Gasteiger charge is -2.01. The minimum Gasteiger partial charge on any atom is -0.421 e. The van der Waals surface area contributed by atoms with Gasteiger partial charge in [-0.15, -0.1) is 11.3 Å². The summed E-state index contributed by atoms with van der Waals surface area (Å²) in [5, 5.41) is 0.377. The molecule has 2 aromatic carbocycles. The Balaban J connectivity index is 1.85. The third-order valence-electron chi connectivity index (χ3n) is 2.70. The summed E-state index contributed by atoms with van der Waals surface area (Å²) in [5.41, 5.74) is 1.95. The highest BCUT2D eigenvalue weighted by atomic mass is 32.1. The number of carbonyl (C=O) groups is 1. The Bertz CT molecular complexity index is 698. The number of rotatable bonds is 2. The van der Waals surface area contributed by atoms with Gasteiger partial charge in [-0.3, -0.25) is 0 Å². The Morgan fingerprint density at radius 3 is 2.58 bits per heavy atom. The maximum Gasteiger partial charge on any atom is 0.372 e. The van der Waals surface area contributed by atoms with Crippen LogP contribution in [0.3, 0.4) is 0 Å². The smallest absolute Gasteiger partial charge is 0.372 e. The highest BCUT2D eigenvalue weighted by Crippen LogP contribution is 2.23. The zero-order chi connectivity index (χ0) is 13.2. The summed E-state index contributed by atoms with van der Waals surface area (Å²) in [5.74, 6) is 0.125. The third-order valence-corrected chi connectivity index (χ3v) is 3.72. The molecule has 0 spiro atoms. The largest absolute Gasteiger partial charge is 0.421 e. The van der Waals surface area contributed by atoms with Crippen molar-refractivity contribution in [3.05, 3.63) is 59.1 Å². The number of benzene rings is 2. The summed E-state index contributed by atoms with van der Waals surface area (Å²) < 4.78 is 6.28. The van der Waals surface area contributed by atoms with Gasteiger partial charge in [0.2, 0.25) is 5.01 Å². The topological polar surface area (TPSA) is 39.2 Å². The van der Waals surface area contributed by atoms with Crippen LogP contribution in [0.25, 0.3) is 10.2 Å². The van der Waals surface area contributed by atoms with Crippen molar-refractivity contribution >= 4 is 27.5 Å². The van der Waals surface area contributed by atoms with E-state index in [-0.39, 0.29) is 0 Å². The van der Waals surface area contributed by atoms with Crippen molar-refractivity contribution in [3.8, 4) is 5.75 Å². The maximum atomic E-state index is 12.0. The quantitative estimate of drug-likeness (QED) is 0.524. The summed E-state index contributed by atoms with van der Waals surface area (Å²) in [6.45, 7) is 1.99. The number of para-hydroxylation sites is 1. The fraction of sp³-hybridized carbons (Fsp3) is 0.0667. The molecule has 0 saturated carbocycles. The SMILES string of the molecule is Cc1ccc(OC(=O)c2nc3ccccc3s2)cc1. The second-order valence-corrected chi connectivity index (χ2v) is 5.22. The molecular formula is C15H11NO2S. The molecule has 94 valence electrons. The van der Waals surface area contributed by atoms with E-state index in [4.69, 9.17) is 4.74 Å². The molecule has 0 unspecified atom stereocenters. The molecule has 1 heterocycles. The zero-order valence-electron chi connectivity index (χ0n) is 10.3. The number of hydrogen-bond acceptors (Lipinski definition) is 4. The molecule has 0 atom stereocenters. The van der Waals surface area contributed by atoms with Crippen LogP contribution in [0.4, 0.5) is 0 Å². The Morgan fingerprint density at radius 2 is 1.84 bits per heavy atom. The van der Waals surface area contributed by atoms with Gasteiger partial charge in [0.1, 0.15) is 5.75 Å². The van der Waals surface area contributed by atoms with Crippen LogP contribution in [-0.4, -0.2) is 11.0 Å². The molecule has 0 aliphatic carbocycles. The molecular weight excluding hydrogens is 258 g/mol. The van der Waals surface area contributed by atoms with Crippen molar-refractivity contribution in [2.45, 2.75) is 6.92 Å². The van der Waals surface area contributed by atoms with Gasteiger partial charge in [0.25, 0.3) is 0 Å². The first-order chi connectivity index (χ1) is 9.22. The Kier molecular flexibility index (Phi) is 3.01. The molecule has 1 aromatic heterocycles. The van der Waals surface area contributed by atoms with E-state index in [0.29, 0.717) is 10.8 Å². The van der Waals surface area contributed by atoms with Crippen molar-refractivity contribution < 1.29 is 9.53 Å². The van der Waals surface area contributed by atoms with Crippen LogP contribution in [-0.2, 0) is 0 Å². The van der Waals surface area contributed by atoms with E-state index >= 15 is 0 Å². The number of aromatic nitrogens is 1. The lowest BCUT2D eigenvalue weighted by Crippen LogP contribution is -2.07. The summed E-state index contributed by atoms with van der Waals surface area (Å²) in [4.78, 5) is 16.3. The zero-order valence-corrected chi connectivity index (χ0v) is 11.1. The number of carbonyl (C=O) groups excluding carboxylic acids is 1. The molecule has 0 fully saturated rings. The number of hydrogen-bond donors (Lipinski definition) is 0. The summed E-state index contributed by atoms with van der Waals surface area (Å²) in [6.07, 6.45) is 0. The van der Waals surface area contributed by atoms with Gasteiger partial charge in [-0.2, -0.15) is 0 Å². The number of aryl methyl sites for hydroxylation is 1. The van der Waals surface area contributed by atoms with E-state index < -0.39 is 5.97 Å². The van der Waals surface area contributed by atoms with Crippen molar-refractivity contribution in [2.75, 3.05) is 0 Å². The molecule has 0 radical (unpaired) electrons. The van der Waals surface area contributed by atoms with E-state index in [1.165, 1.54) is 11.3 Å². The van der Waals surface area contributed by atoms with Gasteiger partial charge in [-0.05, 0) is 31.2 Å². The highest BCUT2D eigenvalue weighted by Gasteiger charge is 2.14. The fourth-order valence-electron chi connectivity index (χ4n) is 1.72. The van der Waals surface area contributed by atoms with E-state index in [2.05, 4.69) is 4.98 Å². The second-order valence-electron chi connectivity index (χ2n) is 4.19. The average Bonchev–Trinajstić information content (AvgIpc) is 2.85. The molecule has 0 amide bonds. The van der Waals surface area contributed by atoms with Crippen LogP contribution in [0.5, 0.6) is 5.75 Å². The molecule has 0 aliphatic heterocycles. The fourth-order valence-corrected chi connectivity index (χ4v) is 2.56. The van der Waals surface area contributed by atoms with Gasteiger partial charge >= 0.3 is 5.97 Å². The summed E-state index contributed by atoms with van der Waals surface area (Å²) >= 11 is 1.34. The summed E-state index contributed by atoms with van der Waals surface area (Å²) in [7, 11) is 0. The molecule has 3 aromatic rings. The van der Waals surface area contributed by atoms with Crippen molar-refractivity contribution in [1.29, 1.82) is 0 Å². The van der Waals surface area contributed by atoms with Gasteiger partial charge in [-0.25, -0.2) is 9.78 Å². The van der Waals surface area contributed by atoms with Gasteiger partial charge in [0, 0.05) is 0 Å². The van der Waals surface area contributed by atoms with Crippen molar-refractivity contribution in [1.82, 2.24) is 4.98 Å². The van der Waals surface area contributed by atoms with E-state index in [1.54, 1.807) is 12.1 Å². The molecule has 0 N–H and O–H groups in total. The second kappa shape index (κ2) is 4.82. The number of thiazole rings is 1. The molecule has 0 aliphatic rings. The highest BCUT2D eigenvalue weighted by molar-refractivity contribution is 7.20. The van der Waals surface area contributed by atoms with Gasteiger partial charge in [0.05, 0.1) is 10.2 Å². The first kappa shape index (κ1) is 11.9. The van der Waals surface area contributed by atoms with Gasteiger partial charge in [-0.1, -0.05) is 29.8 Å². The normalized spacial score (nSPS) is 10.6. The van der Waals surface area contributed by atoms with Crippen LogP contribution in [0.2, 0.25) is 0 Å².